The molecule has 2 aromatic rings. The van der Waals surface area contributed by atoms with Crippen LogP contribution in [0.4, 0.5) is 10.3 Å². The van der Waals surface area contributed by atoms with Crippen LogP contribution >= 0.6 is 0 Å². The molecule has 19 heavy (non-hydrogen) atoms. The van der Waals surface area contributed by atoms with E-state index in [4.69, 9.17) is 0 Å². The van der Waals surface area contributed by atoms with E-state index in [0.717, 1.165) is 11.1 Å². The highest BCUT2D eigenvalue weighted by molar-refractivity contribution is 5.80. The molecule has 0 saturated heterocycles. The van der Waals surface area contributed by atoms with Gasteiger partial charge >= 0.3 is 0 Å². The molecule has 98 valence electrons. The molecule has 0 amide bonds. The van der Waals surface area contributed by atoms with Crippen molar-refractivity contribution in [2.45, 2.75) is 6.92 Å². The van der Waals surface area contributed by atoms with Crippen LogP contribution in [-0.2, 0) is 4.79 Å². The monoisotopic (exact) mass is 259 g/mol. The van der Waals surface area contributed by atoms with E-state index in [1.165, 1.54) is 19.1 Å². The van der Waals surface area contributed by atoms with Crippen molar-refractivity contribution in [1.29, 1.82) is 0 Å². The van der Waals surface area contributed by atoms with E-state index in [9.17, 15) is 9.18 Å². The van der Waals surface area contributed by atoms with Crippen LogP contribution in [0.25, 0.3) is 11.1 Å². The van der Waals surface area contributed by atoms with Crippen LogP contribution in [-0.4, -0.2) is 29.3 Å². The standard InChI is InChI=1S/C14H14FN3O/c1-10(19)9-18(2)14-16-7-12(8-17-14)11-4-3-5-13(15)6-11/h3-8H,9H2,1-2H3. The lowest BCUT2D eigenvalue weighted by molar-refractivity contribution is -0.115. The van der Waals surface area contributed by atoms with Crippen LogP contribution in [0.2, 0.25) is 0 Å². The van der Waals surface area contributed by atoms with Crippen molar-refractivity contribution >= 4 is 11.7 Å². The Morgan fingerprint density at radius 3 is 2.53 bits per heavy atom. The molecule has 0 aliphatic rings. The Bertz CT molecular complexity index is 583. The quantitative estimate of drug-likeness (QED) is 0.845. The second-order valence-electron chi connectivity index (χ2n) is 4.34. The molecule has 0 aliphatic carbocycles. The molecule has 0 N–H and O–H groups in total. The van der Waals surface area contributed by atoms with Crippen LogP contribution in [0.5, 0.6) is 0 Å². The number of benzene rings is 1. The number of anilines is 1. The lowest BCUT2D eigenvalue weighted by Crippen LogP contribution is -2.25. The van der Waals surface area contributed by atoms with Gasteiger partial charge in [0.2, 0.25) is 5.95 Å². The van der Waals surface area contributed by atoms with Crippen molar-refractivity contribution in [3.63, 3.8) is 0 Å². The topological polar surface area (TPSA) is 46.1 Å². The van der Waals surface area contributed by atoms with Gasteiger partial charge in [-0.3, -0.25) is 4.79 Å². The molecular formula is C14H14FN3O. The van der Waals surface area contributed by atoms with Crippen LogP contribution < -0.4 is 4.90 Å². The first-order chi connectivity index (χ1) is 9.06. The van der Waals surface area contributed by atoms with Gasteiger partial charge in [-0.25, -0.2) is 14.4 Å². The summed E-state index contributed by atoms with van der Waals surface area (Å²) in [5, 5.41) is 0. The Balaban J connectivity index is 2.21. The minimum atomic E-state index is -0.296. The highest BCUT2D eigenvalue weighted by atomic mass is 19.1. The van der Waals surface area contributed by atoms with Gasteiger partial charge in [0, 0.05) is 25.0 Å². The first-order valence-electron chi connectivity index (χ1n) is 5.85. The van der Waals surface area contributed by atoms with Gasteiger partial charge in [-0.2, -0.15) is 0 Å². The predicted molar refractivity (Wildman–Crippen MR) is 71.4 cm³/mol. The molecule has 0 unspecified atom stereocenters. The molecule has 4 nitrogen and oxygen atoms in total. The van der Waals surface area contributed by atoms with Crippen LogP contribution in [0.1, 0.15) is 6.92 Å². The highest BCUT2D eigenvalue weighted by Gasteiger charge is 2.07. The second kappa shape index (κ2) is 5.56. The molecule has 0 aliphatic heterocycles. The fourth-order valence-electron chi connectivity index (χ4n) is 1.74. The summed E-state index contributed by atoms with van der Waals surface area (Å²) in [6, 6.07) is 6.25. The minimum absolute atomic E-state index is 0.0420. The van der Waals surface area contributed by atoms with Gasteiger partial charge in [0.05, 0.1) is 6.54 Å². The van der Waals surface area contributed by atoms with Crippen molar-refractivity contribution in [1.82, 2.24) is 9.97 Å². The maximum Gasteiger partial charge on any atom is 0.225 e. The predicted octanol–water partition coefficient (Wildman–Crippen LogP) is 2.31. The number of rotatable bonds is 4. The Morgan fingerprint density at radius 2 is 1.95 bits per heavy atom. The minimum Gasteiger partial charge on any atom is -0.337 e. The van der Waals surface area contributed by atoms with E-state index in [-0.39, 0.29) is 18.1 Å². The summed E-state index contributed by atoms with van der Waals surface area (Å²) < 4.78 is 13.1. The van der Waals surface area contributed by atoms with E-state index >= 15 is 0 Å². The van der Waals surface area contributed by atoms with Gasteiger partial charge in [-0.15, -0.1) is 0 Å². The van der Waals surface area contributed by atoms with Gasteiger partial charge in [-0.1, -0.05) is 12.1 Å². The number of hydrogen-bond acceptors (Lipinski definition) is 4. The molecule has 1 aromatic heterocycles. The molecule has 0 spiro atoms. The Labute approximate surface area is 110 Å². The van der Waals surface area contributed by atoms with E-state index in [1.54, 1.807) is 36.5 Å². The summed E-state index contributed by atoms with van der Waals surface area (Å²) in [7, 11) is 1.75. The maximum atomic E-state index is 13.1. The van der Waals surface area contributed by atoms with E-state index in [0.29, 0.717) is 5.95 Å². The first kappa shape index (κ1) is 13.1. The largest absolute Gasteiger partial charge is 0.337 e. The summed E-state index contributed by atoms with van der Waals surface area (Å²) >= 11 is 0. The highest BCUT2D eigenvalue weighted by Crippen LogP contribution is 2.19. The van der Waals surface area contributed by atoms with Gasteiger partial charge in [-0.05, 0) is 24.6 Å². The maximum absolute atomic E-state index is 13.1. The third-order valence-electron chi connectivity index (χ3n) is 2.60. The molecule has 0 saturated carbocycles. The van der Waals surface area contributed by atoms with Crippen molar-refractivity contribution < 1.29 is 9.18 Å². The number of likely N-dealkylation sites (N-methyl/N-ethyl adjacent to an activating group) is 1. The molecule has 0 radical (unpaired) electrons. The lowest BCUT2D eigenvalue weighted by atomic mass is 10.1. The third-order valence-corrected chi connectivity index (χ3v) is 2.60. The molecule has 0 bridgehead atoms. The molecule has 2 rings (SSSR count). The molecule has 1 heterocycles. The zero-order valence-electron chi connectivity index (χ0n) is 10.8. The Hall–Kier alpha value is -2.30. The number of carbonyl (C=O) groups is 1. The van der Waals surface area contributed by atoms with E-state index in [1.807, 2.05) is 0 Å². The normalized spacial score (nSPS) is 10.3. The van der Waals surface area contributed by atoms with E-state index in [2.05, 4.69) is 9.97 Å². The second-order valence-corrected chi connectivity index (χ2v) is 4.34. The van der Waals surface area contributed by atoms with Crippen molar-refractivity contribution in [3.8, 4) is 11.1 Å². The average molecular weight is 259 g/mol. The lowest BCUT2D eigenvalue weighted by Gasteiger charge is -2.14. The fraction of sp³-hybridized carbons (Fsp3) is 0.214. The van der Waals surface area contributed by atoms with Crippen LogP contribution in [0.3, 0.4) is 0 Å². The number of ketones is 1. The fourth-order valence-corrected chi connectivity index (χ4v) is 1.74. The average Bonchev–Trinajstić information content (AvgIpc) is 2.38. The number of aromatic nitrogens is 2. The van der Waals surface area contributed by atoms with Gasteiger partial charge in [0.25, 0.3) is 0 Å². The number of halogens is 1. The number of hydrogen-bond donors (Lipinski definition) is 0. The summed E-state index contributed by atoms with van der Waals surface area (Å²) in [5.74, 6) is 0.214. The summed E-state index contributed by atoms with van der Waals surface area (Å²) in [4.78, 5) is 21.0. The van der Waals surface area contributed by atoms with Crippen molar-refractivity contribution in [3.05, 3.63) is 42.5 Å². The molecule has 5 heteroatoms. The third kappa shape index (κ3) is 3.34. The number of Topliss-reactive ketones (excluding diaryl/α,β-unsaturated/α-hetero) is 1. The molecule has 0 atom stereocenters. The Morgan fingerprint density at radius 1 is 1.26 bits per heavy atom. The summed E-state index contributed by atoms with van der Waals surface area (Å²) in [6.07, 6.45) is 3.24. The van der Waals surface area contributed by atoms with Gasteiger partial charge in [0.15, 0.2) is 0 Å². The number of carbonyl (C=O) groups excluding carboxylic acids is 1. The van der Waals surface area contributed by atoms with E-state index < -0.39 is 0 Å². The van der Waals surface area contributed by atoms with Gasteiger partial charge in [0.1, 0.15) is 11.6 Å². The zero-order chi connectivity index (χ0) is 13.8. The Kier molecular flexibility index (Phi) is 3.85. The molecular weight excluding hydrogens is 245 g/mol. The van der Waals surface area contributed by atoms with Crippen molar-refractivity contribution in [2.75, 3.05) is 18.5 Å². The molecule has 0 fully saturated rings. The van der Waals surface area contributed by atoms with Crippen LogP contribution in [0, 0.1) is 5.82 Å². The van der Waals surface area contributed by atoms with Crippen LogP contribution in [0.15, 0.2) is 36.7 Å². The first-order valence-corrected chi connectivity index (χ1v) is 5.85. The molecule has 1 aromatic carbocycles. The summed E-state index contributed by atoms with van der Waals surface area (Å²) in [6.45, 7) is 1.77. The zero-order valence-corrected chi connectivity index (χ0v) is 10.8. The van der Waals surface area contributed by atoms with Crippen molar-refractivity contribution in [2.24, 2.45) is 0 Å². The SMILES string of the molecule is CC(=O)CN(C)c1ncc(-c2cccc(F)c2)cn1. The summed E-state index contributed by atoms with van der Waals surface area (Å²) in [5.41, 5.74) is 1.46. The smallest absolute Gasteiger partial charge is 0.225 e. The van der Waals surface area contributed by atoms with Gasteiger partial charge < -0.3 is 4.90 Å². The number of nitrogens with zero attached hydrogens (tertiary/aromatic N) is 3.